The maximum Gasteiger partial charge on any atom is 0.342 e. The fraction of sp³-hybridized carbons (Fsp3) is 0.179. The van der Waals surface area contributed by atoms with Crippen molar-refractivity contribution in [3.8, 4) is 17.0 Å². The van der Waals surface area contributed by atoms with Gasteiger partial charge in [-0.2, -0.15) is 9.78 Å². The average Bonchev–Trinajstić information content (AvgIpc) is 3.28. The number of halogens is 2. The quantitative estimate of drug-likeness (QED) is 0.260. The third kappa shape index (κ3) is 5.34. The second-order valence-corrected chi connectivity index (χ2v) is 9.35. The van der Waals surface area contributed by atoms with E-state index < -0.39 is 6.03 Å². The first-order valence-corrected chi connectivity index (χ1v) is 12.3. The Morgan fingerprint density at radius 2 is 1.81 bits per heavy atom. The van der Waals surface area contributed by atoms with E-state index in [-0.39, 0.29) is 29.9 Å². The second-order valence-electron chi connectivity index (χ2n) is 8.95. The van der Waals surface area contributed by atoms with Crippen LogP contribution < -0.4 is 10.6 Å². The molecule has 1 fully saturated rings. The first kappa shape index (κ1) is 24.5. The van der Waals surface area contributed by atoms with E-state index in [9.17, 15) is 19.1 Å². The molecule has 0 radical (unpaired) electrons. The number of phenolic OH excluding ortho intramolecular Hbond substituents is 1. The molecule has 0 bridgehead atoms. The molecule has 4 aromatic rings. The van der Waals surface area contributed by atoms with E-state index >= 15 is 0 Å². The molecule has 1 aliphatic rings. The van der Waals surface area contributed by atoms with Crippen molar-refractivity contribution in [1.29, 1.82) is 0 Å². The highest BCUT2D eigenvalue weighted by molar-refractivity contribution is 6.34. The summed E-state index contributed by atoms with van der Waals surface area (Å²) in [7, 11) is 0. The molecule has 0 aliphatic heterocycles. The van der Waals surface area contributed by atoms with E-state index in [1.165, 1.54) is 22.9 Å². The van der Waals surface area contributed by atoms with Gasteiger partial charge in [-0.15, -0.1) is 0 Å². The monoisotopic (exact) mass is 518 g/mol. The number of benzene rings is 3. The zero-order valence-electron chi connectivity index (χ0n) is 19.7. The van der Waals surface area contributed by atoms with Gasteiger partial charge in [-0.05, 0) is 66.9 Å². The fourth-order valence-corrected chi connectivity index (χ4v) is 4.42. The van der Waals surface area contributed by atoms with Crippen LogP contribution in [0.2, 0.25) is 5.02 Å². The topological polar surface area (TPSA) is 96.2 Å². The first-order chi connectivity index (χ1) is 17.9. The van der Waals surface area contributed by atoms with E-state index in [0.717, 1.165) is 30.5 Å². The lowest BCUT2D eigenvalue weighted by Crippen LogP contribution is -2.31. The first-order valence-electron chi connectivity index (χ1n) is 11.9. The van der Waals surface area contributed by atoms with Gasteiger partial charge in [-0.1, -0.05) is 42.3 Å². The summed E-state index contributed by atoms with van der Waals surface area (Å²) in [5.41, 5.74) is 3.06. The molecule has 3 N–H and O–H groups in total. The number of carbonyl (C=O) groups excluding carboxylic acids is 2. The molecule has 1 saturated carbocycles. The van der Waals surface area contributed by atoms with Crippen LogP contribution in [0.25, 0.3) is 11.3 Å². The number of anilines is 1. The summed E-state index contributed by atoms with van der Waals surface area (Å²) in [6.07, 6.45) is 2.95. The zero-order chi connectivity index (χ0) is 25.9. The maximum absolute atomic E-state index is 13.2. The highest BCUT2D eigenvalue weighted by Crippen LogP contribution is 2.39. The molecule has 2 amide bonds. The Bertz CT molecular complexity index is 1460. The van der Waals surface area contributed by atoms with Crippen LogP contribution in [0, 0.1) is 5.82 Å². The van der Waals surface area contributed by atoms with Crippen molar-refractivity contribution in [2.75, 3.05) is 5.32 Å². The molecule has 7 nitrogen and oxygen atoms in total. The normalized spacial score (nSPS) is 13.1. The minimum absolute atomic E-state index is 0.0349. The number of rotatable bonds is 6. The number of aromatic hydroxyl groups is 1. The fourth-order valence-electron chi connectivity index (χ4n) is 4.20. The van der Waals surface area contributed by atoms with Crippen LogP contribution in [-0.4, -0.2) is 26.8 Å². The smallest absolute Gasteiger partial charge is 0.342 e. The van der Waals surface area contributed by atoms with Crippen molar-refractivity contribution in [2.24, 2.45) is 0 Å². The van der Waals surface area contributed by atoms with E-state index in [1.807, 2.05) is 0 Å². The Labute approximate surface area is 217 Å². The molecule has 1 heterocycles. The van der Waals surface area contributed by atoms with Crippen LogP contribution in [0.4, 0.5) is 14.9 Å². The molecule has 188 valence electrons. The lowest BCUT2D eigenvalue weighted by molar-refractivity contribution is 0.102. The molecule has 1 aliphatic carbocycles. The van der Waals surface area contributed by atoms with Crippen LogP contribution in [0.15, 0.2) is 72.8 Å². The van der Waals surface area contributed by atoms with Gasteiger partial charge >= 0.3 is 6.03 Å². The van der Waals surface area contributed by atoms with Gasteiger partial charge in [0.25, 0.3) is 5.91 Å². The average molecular weight is 519 g/mol. The largest absolute Gasteiger partial charge is 0.507 e. The van der Waals surface area contributed by atoms with Gasteiger partial charge in [0.15, 0.2) is 0 Å². The highest BCUT2D eigenvalue weighted by Gasteiger charge is 2.27. The van der Waals surface area contributed by atoms with Gasteiger partial charge in [-0.3, -0.25) is 4.79 Å². The van der Waals surface area contributed by atoms with Gasteiger partial charge < -0.3 is 15.7 Å². The van der Waals surface area contributed by atoms with Gasteiger partial charge in [0.2, 0.25) is 0 Å². The number of hydrogen-bond donors (Lipinski definition) is 3. The number of nitrogens with zero attached hydrogens (tertiary/aromatic N) is 2. The summed E-state index contributed by atoms with van der Waals surface area (Å²) in [6, 6.07) is 18.7. The van der Waals surface area contributed by atoms with Crippen LogP contribution in [0.5, 0.6) is 5.75 Å². The van der Waals surface area contributed by atoms with Crippen molar-refractivity contribution in [1.82, 2.24) is 15.1 Å². The number of amides is 2. The van der Waals surface area contributed by atoms with Crippen molar-refractivity contribution in [3.05, 3.63) is 100 Å². The predicted molar refractivity (Wildman–Crippen MR) is 139 cm³/mol. The molecule has 5 rings (SSSR count). The van der Waals surface area contributed by atoms with Crippen LogP contribution in [0.3, 0.4) is 0 Å². The van der Waals surface area contributed by atoms with Gasteiger partial charge in [-0.25, -0.2) is 9.18 Å². The summed E-state index contributed by atoms with van der Waals surface area (Å²) in [4.78, 5) is 25.8. The van der Waals surface area contributed by atoms with Crippen molar-refractivity contribution in [3.63, 3.8) is 0 Å². The van der Waals surface area contributed by atoms with Crippen molar-refractivity contribution in [2.45, 2.75) is 31.7 Å². The third-order valence-corrected chi connectivity index (χ3v) is 6.79. The number of nitrogens with one attached hydrogen (secondary N) is 2. The molecule has 9 heteroatoms. The molecule has 0 saturated heterocycles. The summed E-state index contributed by atoms with van der Waals surface area (Å²) in [5, 5.41) is 21.1. The molecule has 37 heavy (non-hydrogen) atoms. The van der Waals surface area contributed by atoms with Gasteiger partial charge in [0.05, 0.1) is 22.0 Å². The SMILES string of the molecule is O=C(Nc1ccc(O)c(-c2cc(C3CCC3)n(C(=O)NCc3ccc(F)cc3)n2)c1)c1ccccc1Cl. The van der Waals surface area contributed by atoms with Gasteiger partial charge in [0, 0.05) is 23.7 Å². The van der Waals surface area contributed by atoms with E-state index in [4.69, 9.17) is 11.6 Å². The Hall–Kier alpha value is -4.17. The Kier molecular flexibility index (Phi) is 6.92. The van der Waals surface area contributed by atoms with Crippen LogP contribution in [0.1, 0.15) is 46.8 Å². The third-order valence-electron chi connectivity index (χ3n) is 6.46. The molecule has 0 unspecified atom stereocenters. The lowest BCUT2D eigenvalue weighted by Gasteiger charge is -2.25. The summed E-state index contributed by atoms with van der Waals surface area (Å²) in [5.74, 6) is -0.581. The Balaban J connectivity index is 1.40. The maximum atomic E-state index is 13.2. The number of phenols is 1. The van der Waals surface area contributed by atoms with Gasteiger partial charge in [0.1, 0.15) is 11.6 Å². The number of hydrogen-bond acceptors (Lipinski definition) is 4. The highest BCUT2D eigenvalue weighted by atomic mass is 35.5. The second kappa shape index (κ2) is 10.4. The molecular weight excluding hydrogens is 495 g/mol. The van der Waals surface area contributed by atoms with Crippen LogP contribution in [-0.2, 0) is 6.54 Å². The molecular formula is C28H24ClFN4O3. The van der Waals surface area contributed by atoms with Crippen molar-refractivity contribution < 1.29 is 19.1 Å². The molecule has 1 aromatic heterocycles. The number of carbonyl (C=O) groups is 2. The lowest BCUT2D eigenvalue weighted by atomic mass is 9.82. The standard InChI is InChI=1S/C28H24ClFN4O3/c29-23-7-2-1-6-21(23)27(36)32-20-12-13-26(35)22(14-20)24-15-25(18-4-3-5-18)34(33-24)28(37)31-16-17-8-10-19(30)11-9-17/h1-2,6-15,18,35H,3-5,16H2,(H,31,37)(H,32,36). The number of aromatic nitrogens is 2. The van der Waals surface area contributed by atoms with Crippen molar-refractivity contribution >= 4 is 29.2 Å². The minimum Gasteiger partial charge on any atom is -0.507 e. The summed E-state index contributed by atoms with van der Waals surface area (Å²) in [6.45, 7) is 0.216. The van der Waals surface area contributed by atoms with E-state index in [0.29, 0.717) is 27.5 Å². The molecule has 0 atom stereocenters. The van der Waals surface area contributed by atoms with E-state index in [2.05, 4.69) is 15.7 Å². The predicted octanol–water partition coefficient (Wildman–Crippen LogP) is 6.33. The summed E-state index contributed by atoms with van der Waals surface area (Å²) >= 11 is 6.14. The summed E-state index contributed by atoms with van der Waals surface area (Å²) < 4.78 is 14.5. The minimum atomic E-state index is -0.417. The zero-order valence-corrected chi connectivity index (χ0v) is 20.5. The Morgan fingerprint density at radius 1 is 1.05 bits per heavy atom. The van der Waals surface area contributed by atoms with E-state index in [1.54, 1.807) is 54.6 Å². The molecule has 0 spiro atoms. The Morgan fingerprint density at radius 3 is 2.51 bits per heavy atom. The molecule has 3 aromatic carbocycles. The van der Waals surface area contributed by atoms with Crippen LogP contribution >= 0.6 is 11.6 Å².